The third kappa shape index (κ3) is 4.84. The summed E-state index contributed by atoms with van der Waals surface area (Å²) < 4.78 is 17.1. The number of anilines is 3. The van der Waals surface area contributed by atoms with Crippen LogP contribution in [0.5, 0.6) is 5.88 Å². The SMILES string of the molecule is Cc1cc(-c2nc3c(cc2Cl)N2CCC(C2)N3C(=O)Nc2cc(OC[C@H]3COC(C)(C)O3)ncn2)ccn1. The van der Waals surface area contributed by atoms with E-state index in [1.165, 1.54) is 6.33 Å². The number of pyridine rings is 2. The number of carbonyl (C=O) groups excluding carboxylic acids is 1. The Morgan fingerprint density at radius 2 is 2.13 bits per heavy atom. The number of hydrogen-bond acceptors (Lipinski definition) is 9. The van der Waals surface area contributed by atoms with E-state index in [0.717, 1.165) is 29.9 Å². The van der Waals surface area contributed by atoms with Gasteiger partial charge in [0.25, 0.3) is 0 Å². The highest BCUT2D eigenvalue weighted by Crippen LogP contribution is 2.43. The van der Waals surface area contributed by atoms with Gasteiger partial charge >= 0.3 is 6.03 Å². The van der Waals surface area contributed by atoms with Gasteiger partial charge in [-0.1, -0.05) is 11.6 Å². The molecule has 2 amide bonds. The Hall–Kier alpha value is -3.54. The van der Waals surface area contributed by atoms with Gasteiger partial charge in [0.2, 0.25) is 5.88 Å². The van der Waals surface area contributed by atoms with Gasteiger partial charge in [-0.15, -0.1) is 0 Å². The van der Waals surface area contributed by atoms with E-state index in [1.807, 2.05) is 39.0 Å². The fourth-order valence-electron chi connectivity index (χ4n) is 5.06. The van der Waals surface area contributed by atoms with Crippen LogP contribution < -0.4 is 19.9 Å². The second kappa shape index (κ2) is 9.64. The molecule has 3 aliphatic rings. The molecule has 6 heterocycles. The van der Waals surface area contributed by atoms with Crippen molar-refractivity contribution in [3.63, 3.8) is 0 Å². The van der Waals surface area contributed by atoms with Crippen LogP contribution in [-0.2, 0) is 9.47 Å². The predicted molar refractivity (Wildman–Crippen MR) is 142 cm³/mol. The molecule has 3 aromatic rings. The third-order valence-electron chi connectivity index (χ3n) is 6.78. The number of halogens is 1. The maximum atomic E-state index is 13.6. The molecule has 6 rings (SSSR count). The molecule has 0 aliphatic carbocycles. The molecule has 1 N–H and O–H groups in total. The Kier molecular flexibility index (Phi) is 6.29. The van der Waals surface area contributed by atoms with Crippen molar-refractivity contribution in [2.45, 2.75) is 45.1 Å². The summed E-state index contributed by atoms with van der Waals surface area (Å²) in [5, 5.41) is 3.42. The van der Waals surface area contributed by atoms with Gasteiger partial charge in [0.1, 0.15) is 24.9 Å². The number of aryl methyl sites for hydroxylation is 1. The van der Waals surface area contributed by atoms with Gasteiger partial charge in [-0.05, 0) is 45.4 Å². The molecule has 1 unspecified atom stereocenters. The number of fused-ring (bicyclic) bond motifs is 4. The van der Waals surface area contributed by atoms with E-state index >= 15 is 0 Å². The quantitative estimate of drug-likeness (QED) is 0.514. The van der Waals surface area contributed by atoms with E-state index in [2.05, 4.69) is 25.2 Å². The first-order valence-corrected chi connectivity index (χ1v) is 12.9. The Morgan fingerprint density at radius 3 is 2.92 bits per heavy atom. The topological polar surface area (TPSA) is 115 Å². The van der Waals surface area contributed by atoms with Crippen LogP contribution in [0.25, 0.3) is 11.3 Å². The zero-order chi connectivity index (χ0) is 26.4. The van der Waals surface area contributed by atoms with E-state index in [1.54, 1.807) is 17.2 Å². The molecule has 2 atom stereocenters. The lowest BCUT2D eigenvalue weighted by atomic mass is 10.1. The summed E-state index contributed by atoms with van der Waals surface area (Å²) in [5.41, 5.74) is 3.14. The first kappa shape index (κ1) is 24.8. The summed E-state index contributed by atoms with van der Waals surface area (Å²) in [7, 11) is 0. The second-order valence-electron chi connectivity index (χ2n) is 10.0. The first-order valence-electron chi connectivity index (χ1n) is 12.5. The van der Waals surface area contributed by atoms with Crippen molar-refractivity contribution in [2.75, 3.05) is 41.4 Å². The molecule has 2 bridgehead atoms. The Labute approximate surface area is 225 Å². The number of amides is 2. The summed E-state index contributed by atoms with van der Waals surface area (Å²) >= 11 is 6.67. The number of hydrogen-bond donors (Lipinski definition) is 1. The van der Waals surface area contributed by atoms with Gasteiger partial charge in [0.05, 0.1) is 29.1 Å². The molecular formula is C26H28ClN7O4. The molecule has 11 nitrogen and oxygen atoms in total. The average molecular weight is 538 g/mol. The minimum atomic E-state index is -0.631. The zero-order valence-electron chi connectivity index (χ0n) is 21.3. The Bertz CT molecular complexity index is 1390. The van der Waals surface area contributed by atoms with Crippen molar-refractivity contribution >= 4 is 35.0 Å². The van der Waals surface area contributed by atoms with Crippen LogP contribution >= 0.6 is 11.6 Å². The normalized spacial score (nSPS) is 21.4. The minimum absolute atomic E-state index is 0.0244. The van der Waals surface area contributed by atoms with Gasteiger partial charge in [-0.25, -0.2) is 19.7 Å². The number of nitrogens with zero attached hydrogens (tertiary/aromatic N) is 6. The minimum Gasteiger partial charge on any atom is -0.475 e. The van der Waals surface area contributed by atoms with Gasteiger partial charge in [0.15, 0.2) is 11.6 Å². The van der Waals surface area contributed by atoms with Crippen LogP contribution in [0.4, 0.5) is 22.1 Å². The average Bonchev–Trinajstić information content (AvgIpc) is 3.46. The number of rotatable bonds is 5. The summed E-state index contributed by atoms with van der Waals surface area (Å²) in [6, 6.07) is 6.91. The molecule has 3 aliphatic heterocycles. The second-order valence-corrected chi connectivity index (χ2v) is 10.4. The molecule has 0 aromatic carbocycles. The van der Waals surface area contributed by atoms with Gasteiger partial charge in [0, 0.05) is 36.6 Å². The van der Waals surface area contributed by atoms with E-state index < -0.39 is 5.79 Å². The fourth-order valence-corrected chi connectivity index (χ4v) is 5.32. The molecule has 2 saturated heterocycles. The number of ether oxygens (including phenoxy) is 3. The molecule has 2 fully saturated rings. The zero-order valence-corrected chi connectivity index (χ0v) is 22.1. The van der Waals surface area contributed by atoms with Crippen LogP contribution in [0.3, 0.4) is 0 Å². The largest absolute Gasteiger partial charge is 0.475 e. The molecular weight excluding hydrogens is 510 g/mol. The van der Waals surface area contributed by atoms with Crippen molar-refractivity contribution < 1.29 is 19.0 Å². The number of urea groups is 1. The highest BCUT2D eigenvalue weighted by molar-refractivity contribution is 6.33. The lowest BCUT2D eigenvalue weighted by molar-refractivity contribution is -0.141. The van der Waals surface area contributed by atoms with Crippen molar-refractivity contribution in [1.82, 2.24) is 19.9 Å². The Balaban J connectivity index is 1.23. The van der Waals surface area contributed by atoms with Crippen molar-refractivity contribution in [3.05, 3.63) is 47.5 Å². The molecule has 38 heavy (non-hydrogen) atoms. The van der Waals surface area contributed by atoms with Crippen molar-refractivity contribution in [2.24, 2.45) is 0 Å². The summed E-state index contributed by atoms with van der Waals surface area (Å²) in [6.45, 7) is 7.87. The highest BCUT2D eigenvalue weighted by Gasteiger charge is 2.41. The third-order valence-corrected chi connectivity index (χ3v) is 7.07. The molecule has 0 radical (unpaired) electrons. The molecule has 198 valence electrons. The lowest BCUT2D eigenvalue weighted by Gasteiger charge is -2.36. The van der Waals surface area contributed by atoms with E-state index in [-0.39, 0.29) is 24.8 Å². The first-order chi connectivity index (χ1) is 18.3. The lowest BCUT2D eigenvalue weighted by Crippen LogP contribution is -2.48. The Morgan fingerprint density at radius 1 is 1.26 bits per heavy atom. The number of aromatic nitrogens is 4. The van der Waals surface area contributed by atoms with E-state index in [4.69, 9.17) is 30.8 Å². The summed E-state index contributed by atoms with van der Waals surface area (Å²) in [4.78, 5) is 35.1. The van der Waals surface area contributed by atoms with Crippen LogP contribution in [-0.4, -0.2) is 70.2 Å². The molecule has 3 aromatic heterocycles. The molecule has 0 saturated carbocycles. The van der Waals surface area contributed by atoms with Crippen LogP contribution in [0.2, 0.25) is 5.02 Å². The molecule has 0 spiro atoms. The highest BCUT2D eigenvalue weighted by atomic mass is 35.5. The van der Waals surface area contributed by atoms with Crippen LogP contribution in [0.1, 0.15) is 26.0 Å². The van der Waals surface area contributed by atoms with Crippen molar-refractivity contribution in [1.29, 1.82) is 0 Å². The smallest absolute Gasteiger partial charge is 0.329 e. The maximum Gasteiger partial charge on any atom is 0.329 e. The summed E-state index contributed by atoms with van der Waals surface area (Å²) in [6.07, 6.45) is 3.69. The molecule has 12 heteroatoms. The predicted octanol–water partition coefficient (Wildman–Crippen LogP) is 4.06. The number of nitrogens with one attached hydrogen (secondary N) is 1. The monoisotopic (exact) mass is 537 g/mol. The maximum absolute atomic E-state index is 13.6. The van der Waals surface area contributed by atoms with E-state index in [0.29, 0.717) is 41.4 Å². The van der Waals surface area contributed by atoms with Crippen LogP contribution in [0, 0.1) is 6.92 Å². The summed E-state index contributed by atoms with van der Waals surface area (Å²) in [5.74, 6) is 0.588. The van der Waals surface area contributed by atoms with Crippen molar-refractivity contribution in [3.8, 4) is 17.1 Å². The van der Waals surface area contributed by atoms with Gasteiger partial charge in [-0.2, -0.15) is 0 Å². The fraction of sp³-hybridized carbons (Fsp3) is 0.423. The van der Waals surface area contributed by atoms with Crippen LogP contribution in [0.15, 0.2) is 36.8 Å². The number of carbonyl (C=O) groups is 1. The van der Waals surface area contributed by atoms with Gasteiger partial charge < -0.3 is 19.1 Å². The van der Waals surface area contributed by atoms with Gasteiger partial charge in [-0.3, -0.25) is 15.2 Å². The van der Waals surface area contributed by atoms with E-state index in [9.17, 15) is 4.79 Å². The standard InChI is InChI=1S/C26H28ClN7O4/c1-15-8-16(4-6-28-15)23-19(27)9-20-24(32-23)34(17-5-7-33(20)11-17)25(35)31-21-10-22(30-14-29-21)36-12-18-13-37-26(2,3)38-18/h4,6,8-10,14,17-18H,5,7,11-13H2,1-3H3,(H,29,30,31,35)/t17?,18-/m0/s1.